The van der Waals surface area contributed by atoms with Gasteiger partial charge >= 0.3 is 0 Å². The van der Waals surface area contributed by atoms with Crippen LogP contribution in [-0.4, -0.2) is 78.2 Å². The van der Waals surface area contributed by atoms with E-state index in [2.05, 4.69) is 16.0 Å². The van der Waals surface area contributed by atoms with Gasteiger partial charge in [-0.2, -0.15) is 0 Å². The molecule has 0 aromatic heterocycles. The zero-order chi connectivity index (χ0) is 30.2. The van der Waals surface area contributed by atoms with Crippen molar-refractivity contribution in [2.24, 2.45) is 11.8 Å². The first-order valence-corrected chi connectivity index (χ1v) is 15.1. The van der Waals surface area contributed by atoms with Crippen molar-refractivity contribution in [1.82, 2.24) is 25.8 Å². The van der Waals surface area contributed by atoms with Crippen LogP contribution in [-0.2, 0) is 19.2 Å². The molecule has 4 atom stereocenters. The van der Waals surface area contributed by atoms with Crippen LogP contribution in [0.5, 0.6) is 0 Å². The average molecular weight is 576 g/mol. The third-order valence-corrected chi connectivity index (χ3v) is 8.42. The fourth-order valence-corrected chi connectivity index (χ4v) is 5.96. The van der Waals surface area contributed by atoms with Gasteiger partial charge in [0.25, 0.3) is 0 Å². The van der Waals surface area contributed by atoms with Crippen LogP contribution in [0.2, 0.25) is 0 Å². The monoisotopic (exact) mass is 575 g/mol. The molecule has 0 saturated carbocycles. The van der Waals surface area contributed by atoms with Crippen molar-refractivity contribution in [3.8, 4) is 0 Å². The average Bonchev–Trinajstić information content (AvgIpc) is 3.41. The Kier molecular flexibility index (Phi) is 10.7. The van der Waals surface area contributed by atoms with E-state index in [4.69, 9.17) is 0 Å². The highest BCUT2D eigenvalue weighted by atomic mass is 16.2. The van der Waals surface area contributed by atoms with Crippen molar-refractivity contribution in [2.45, 2.75) is 70.6 Å². The highest BCUT2D eigenvalue weighted by Crippen LogP contribution is 2.32. The molecule has 2 aliphatic heterocycles. The quantitative estimate of drug-likeness (QED) is 0.404. The summed E-state index contributed by atoms with van der Waals surface area (Å²) in [7, 11) is 1.70. The maximum atomic E-state index is 14.2. The molecule has 9 nitrogen and oxygen atoms in total. The van der Waals surface area contributed by atoms with E-state index in [1.54, 1.807) is 23.8 Å². The number of rotatable bonds is 10. The number of amides is 4. The normalized spacial score (nSPS) is 21.5. The Morgan fingerprint density at radius 1 is 0.905 bits per heavy atom. The molecular formula is C33H45N5O4. The second-order valence-electron chi connectivity index (χ2n) is 11.9. The lowest BCUT2D eigenvalue weighted by atomic mass is 9.98. The minimum atomic E-state index is -0.649. The maximum Gasteiger partial charge on any atom is 0.243 e. The summed E-state index contributed by atoms with van der Waals surface area (Å²) in [5.74, 6) is -1.02. The molecule has 2 saturated heterocycles. The first-order valence-electron chi connectivity index (χ1n) is 15.1. The second-order valence-corrected chi connectivity index (χ2v) is 11.9. The van der Waals surface area contributed by atoms with Crippen LogP contribution in [0, 0.1) is 11.8 Å². The molecule has 9 heteroatoms. The van der Waals surface area contributed by atoms with Gasteiger partial charge in [0.05, 0.1) is 18.0 Å². The Balaban J connectivity index is 1.57. The Labute approximate surface area is 249 Å². The number of carbonyl (C=O) groups is 4. The zero-order valence-corrected chi connectivity index (χ0v) is 25.2. The molecule has 0 aliphatic carbocycles. The third kappa shape index (κ3) is 7.56. The molecule has 2 aromatic rings. The SMILES string of the molecule is CN[C@@H](C)C(=O)NCC1CN(C(=O)CC(C)C)CC[C@H]2CC[C@@H](C(=O)NC(c3ccccc3)c3ccccc3)N2C1=O. The minimum absolute atomic E-state index is 0.0204. The van der Waals surface area contributed by atoms with Crippen LogP contribution in [0.1, 0.15) is 63.6 Å². The Morgan fingerprint density at radius 3 is 2.10 bits per heavy atom. The minimum Gasteiger partial charge on any atom is -0.354 e. The van der Waals surface area contributed by atoms with E-state index in [1.807, 2.05) is 74.5 Å². The number of fused-ring (bicyclic) bond motifs is 1. The van der Waals surface area contributed by atoms with Crippen molar-refractivity contribution in [1.29, 1.82) is 0 Å². The lowest BCUT2D eigenvalue weighted by Crippen LogP contribution is -2.57. The molecular weight excluding hydrogens is 530 g/mol. The van der Waals surface area contributed by atoms with E-state index in [1.165, 1.54) is 0 Å². The lowest BCUT2D eigenvalue weighted by Gasteiger charge is -2.39. The molecule has 3 N–H and O–H groups in total. The van der Waals surface area contributed by atoms with Gasteiger partial charge in [-0.3, -0.25) is 19.2 Å². The molecule has 4 amide bonds. The van der Waals surface area contributed by atoms with E-state index in [9.17, 15) is 19.2 Å². The van der Waals surface area contributed by atoms with Crippen LogP contribution in [0.3, 0.4) is 0 Å². The number of nitrogens with zero attached hydrogens (tertiary/aromatic N) is 2. The van der Waals surface area contributed by atoms with Gasteiger partial charge in [0.15, 0.2) is 0 Å². The van der Waals surface area contributed by atoms with Gasteiger partial charge < -0.3 is 25.8 Å². The second kappa shape index (κ2) is 14.4. The van der Waals surface area contributed by atoms with Gasteiger partial charge in [-0.05, 0) is 50.3 Å². The number of likely N-dealkylation sites (N-methyl/N-ethyl adjacent to an activating group) is 1. The Hall–Kier alpha value is -3.72. The molecule has 2 fully saturated rings. The molecule has 2 aromatic carbocycles. The van der Waals surface area contributed by atoms with Crippen molar-refractivity contribution in [3.63, 3.8) is 0 Å². The number of hydrogen-bond donors (Lipinski definition) is 3. The predicted octanol–water partition coefficient (Wildman–Crippen LogP) is 2.87. The van der Waals surface area contributed by atoms with E-state index in [0.717, 1.165) is 11.1 Å². The topological polar surface area (TPSA) is 111 Å². The summed E-state index contributed by atoms with van der Waals surface area (Å²) in [6, 6.07) is 18.1. The number of benzene rings is 2. The van der Waals surface area contributed by atoms with E-state index in [0.29, 0.717) is 32.2 Å². The Bertz CT molecular complexity index is 1180. The van der Waals surface area contributed by atoms with Crippen LogP contribution in [0.4, 0.5) is 0 Å². The fraction of sp³-hybridized carbons (Fsp3) is 0.515. The summed E-state index contributed by atoms with van der Waals surface area (Å²) in [6.07, 6.45) is 2.27. The van der Waals surface area contributed by atoms with Crippen LogP contribution in [0.25, 0.3) is 0 Å². The smallest absolute Gasteiger partial charge is 0.243 e. The van der Waals surface area contributed by atoms with Crippen LogP contribution < -0.4 is 16.0 Å². The highest BCUT2D eigenvalue weighted by Gasteiger charge is 2.45. The largest absolute Gasteiger partial charge is 0.354 e. The molecule has 2 heterocycles. The summed E-state index contributed by atoms with van der Waals surface area (Å²) in [4.78, 5) is 57.4. The highest BCUT2D eigenvalue weighted by molar-refractivity contribution is 5.91. The number of carbonyl (C=O) groups excluding carboxylic acids is 4. The number of nitrogens with one attached hydrogen (secondary N) is 3. The number of hydrogen-bond acceptors (Lipinski definition) is 5. The van der Waals surface area contributed by atoms with Crippen molar-refractivity contribution in [3.05, 3.63) is 71.8 Å². The van der Waals surface area contributed by atoms with Gasteiger partial charge in [-0.1, -0.05) is 74.5 Å². The molecule has 1 unspecified atom stereocenters. The molecule has 0 radical (unpaired) electrons. The van der Waals surface area contributed by atoms with E-state index in [-0.39, 0.29) is 54.7 Å². The molecule has 226 valence electrons. The van der Waals surface area contributed by atoms with Crippen molar-refractivity contribution in [2.75, 3.05) is 26.7 Å². The summed E-state index contributed by atoms with van der Waals surface area (Å²) in [6.45, 7) is 6.59. The summed E-state index contributed by atoms with van der Waals surface area (Å²) < 4.78 is 0. The van der Waals surface area contributed by atoms with Gasteiger partial charge in [0, 0.05) is 32.1 Å². The molecule has 0 bridgehead atoms. The third-order valence-electron chi connectivity index (χ3n) is 8.42. The molecule has 2 aliphatic rings. The van der Waals surface area contributed by atoms with Crippen molar-refractivity contribution >= 4 is 23.6 Å². The van der Waals surface area contributed by atoms with Crippen LogP contribution in [0.15, 0.2) is 60.7 Å². The first kappa shape index (κ1) is 31.2. The summed E-state index contributed by atoms with van der Waals surface area (Å²) in [5.41, 5.74) is 1.92. The fourth-order valence-electron chi connectivity index (χ4n) is 5.96. The van der Waals surface area contributed by atoms with Gasteiger partial charge in [0.2, 0.25) is 23.6 Å². The van der Waals surface area contributed by atoms with Gasteiger partial charge in [-0.15, -0.1) is 0 Å². The first-order chi connectivity index (χ1) is 20.2. The van der Waals surface area contributed by atoms with E-state index < -0.39 is 18.0 Å². The zero-order valence-electron chi connectivity index (χ0n) is 25.2. The van der Waals surface area contributed by atoms with Gasteiger partial charge in [0.1, 0.15) is 6.04 Å². The summed E-state index contributed by atoms with van der Waals surface area (Å²) >= 11 is 0. The predicted molar refractivity (Wildman–Crippen MR) is 162 cm³/mol. The lowest BCUT2D eigenvalue weighted by molar-refractivity contribution is -0.147. The van der Waals surface area contributed by atoms with E-state index >= 15 is 0 Å². The van der Waals surface area contributed by atoms with Gasteiger partial charge in [-0.25, -0.2) is 0 Å². The molecule has 0 spiro atoms. The maximum absolute atomic E-state index is 14.2. The van der Waals surface area contributed by atoms with Crippen LogP contribution >= 0.6 is 0 Å². The standard InChI is InChI=1S/C33H45N5O4/c1-22(2)19-29(39)37-18-17-27-15-16-28(38(27)33(42)26(21-37)20-35-31(40)23(3)34-4)32(41)36-30(24-11-7-5-8-12-24)25-13-9-6-10-14-25/h5-14,22-23,26-28,30,34H,15-21H2,1-4H3,(H,35,40)(H,36,41)/t23-,26?,27+,28-/m0/s1. The summed E-state index contributed by atoms with van der Waals surface area (Å²) in [5, 5.41) is 9.05. The molecule has 42 heavy (non-hydrogen) atoms. The van der Waals surface area contributed by atoms with Crippen molar-refractivity contribution < 1.29 is 19.2 Å². The Morgan fingerprint density at radius 2 is 1.52 bits per heavy atom. The molecule has 4 rings (SSSR count).